The highest BCUT2D eigenvalue weighted by atomic mass is 16.5. The van der Waals surface area contributed by atoms with Gasteiger partial charge in [-0.1, -0.05) is 36.4 Å². The lowest BCUT2D eigenvalue weighted by atomic mass is 9.93. The number of fused-ring (bicyclic) bond motifs is 2. The van der Waals surface area contributed by atoms with Gasteiger partial charge < -0.3 is 15.2 Å². The largest absolute Gasteiger partial charge is 0.497 e. The molecule has 2 N–H and O–H groups in total. The third-order valence-corrected chi connectivity index (χ3v) is 4.53. The Morgan fingerprint density at radius 2 is 2.00 bits per heavy atom. The maximum Gasteiger partial charge on any atom is 0.139 e. The van der Waals surface area contributed by atoms with Gasteiger partial charge in [-0.25, -0.2) is 0 Å². The van der Waals surface area contributed by atoms with Crippen LogP contribution < -0.4 is 15.2 Å². The van der Waals surface area contributed by atoms with E-state index in [0.29, 0.717) is 5.92 Å². The molecule has 3 nitrogen and oxygen atoms in total. The third-order valence-electron chi connectivity index (χ3n) is 4.53. The summed E-state index contributed by atoms with van der Waals surface area (Å²) in [7, 11) is 1.66. The Labute approximate surface area is 118 Å². The first-order chi connectivity index (χ1) is 9.74. The van der Waals surface area contributed by atoms with E-state index in [1.54, 1.807) is 7.11 Å². The lowest BCUT2D eigenvalue weighted by molar-refractivity contribution is 0.134. The van der Waals surface area contributed by atoms with Crippen molar-refractivity contribution >= 4 is 0 Å². The Kier molecular flexibility index (Phi) is 2.36. The quantitative estimate of drug-likeness (QED) is 0.909. The minimum absolute atomic E-state index is 0.0323. The minimum atomic E-state index is -0.236. The van der Waals surface area contributed by atoms with Gasteiger partial charge in [0.25, 0.3) is 0 Å². The molecule has 0 bridgehead atoms. The van der Waals surface area contributed by atoms with E-state index in [-0.39, 0.29) is 11.6 Å². The van der Waals surface area contributed by atoms with Gasteiger partial charge in [0.2, 0.25) is 0 Å². The lowest BCUT2D eigenvalue weighted by Crippen LogP contribution is -2.30. The van der Waals surface area contributed by atoms with E-state index in [0.717, 1.165) is 23.5 Å². The smallest absolute Gasteiger partial charge is 0.139 e. The molecule has 1 saturated carbocycles. The zero-order valence-corrected chi connectivity index (χ0v) is 11.4. The molecule has 3 unspecified atom stereocenters. The number of nitrogens with two attached hydrogens (primary N) is 1. The third kappa shape index (κ3) is 1.50. The summed E-state index contributed by atoms with van der Waals surface area (Å²) in [5.41, 5.74) is 8.49. The SMILES string of the molecule is COc1ccc2c(c1)OC1(c3ccccc3)CC1C2N. The molecule has 1 aliphatic carbocycles. The molecular weight excluding hydrogens is 250 g/mol. The summed E-state index contributed by atoms with van der Waals surface area (Å²) in [6.45, 7) is 0. The van der Waals surface area contributed by atoms with Gasteiger partial charge in [0.1, 0.15) is 17.1 Å². The molecule has 1 fully saturated rings. The van der Waals surface area contributed by atoms with Crippen LogP contribution in [0, 0.1) is 5.92 Å². The fraction of sp³-hybridized carbons (Fsp3) is 0.294. The molecular formula is C17H17NO2. The monoisotopic (exact) mass is 267 g/mol. The Balaban J connectivity index is 1.79. The summed E-state index contributed by atoms with van der Waals surface area (Å²) in [4.78, 5) is 0. The fourth-order valence-corrected chi connectivity index (χ4v) is 3.33. The van der Waals surface area contributed by atoms with E-state index in [4.69, 9.17) is 15.2 Å². The average molecular weight is 267 g/mol. The van der Waals surface area contributed by atoms with Crippen LogP contribution in [0.2, 0.25) is 0 Å². The van der Waals surface area contributed by atoms with Crippen molar-refractivity contribution in [2.24, 2.45) is 11.7 Å². The van der Waals surface area contributed by atoms with E-state index in [2.05, 4.69) is 24.3 Å². The molecule has 0 amide bonds. The maximum absolute atomic E-state index is 6.42. The number of hydrogen-bond acceptors (Lipinski definition) is 3. The van der Waals surface area contributed by atoms with Crippen molar-refractivity contribution in [2.45, 2.75) is 18.1 Å². The van der Waals surface area contributed by atoms with Gasteiger partial charge in [-0.2, -0.15) is 0 Å². The number of methoxy groups -OCH3 is 1. The molecule has 2 aliphatic rings. The number of hydrogen-bond donors (Lipinski definition) is 1. The van der Waals surface area contributed by atoms with E-state index in [1.807, 2.05) is 24.3 Å². The first kappa shape index (κ1) is 11.8. The van der Waals surface area contributed by atoms with Crippen LogP contribution in [-0.2, 0) is 5.60 Å². The first-order valence-corrected chi connectivity index (χ1v) is 6.93. The molecule has 0 spiro atoms. The molecule has 102 valence electrons. The Bertz CT molecular complexity index is 655. The molecule has 2 aromatic carbocycles. The molecule has 1 aliphatic heterocycles. The fourth-order valence-electron chi connectivity index (χ4n) is 3.33. The van der Waals surface area contributed by atoms with Crippen molar-refractivity contribution in [3.05, 3.63) is 59.7 Å². The average Bonchev–Trinajstić information content (AvgIpc) is 3.24. The molecule has 20 heavy (non-hydrogen) atoms. The van der Waals surface area contributed by atoms with Crippen molar-refractivity contribution in [3.8, 4) is 11.5 Å². The second-order valence-corrected chi connectivity index (χ2v) is 5.60. The summed E-state index contributed by atoms with van der Waals surface area (Å²) in [6.07, 6.45) is 0.981. The predicted octanol–water partition coefficient (Wildman–Crippen LogP) is 3.00. The summed E-state index contributed by atoms with van der Waals surface area (Å²) < 4.78 is 11.6. The molecule has 2 aromatic rings. The van der Waals surface area contributed by atoms with Crippen molar-refractivity contribution < 1.29 is 9.47 Å². The van der Waals surface area contributed by atoms with Gasteiger partial charge in [-0.15, -0.1) is 0 Å². The summed E-state index contributed by atoms with van der Waals surface area (Å²) in [6, 6.07) is 16.3. The molecule has 4 rings (SSSR count). The second kappa shape index (κ2) is 4.00. The lowest BCUT2D eigenvalue weighted by Gasteiger charge is -2.30. The highest BCUT2D eigenvalue weighted by Crippen LogP contribution is 2.63. The van der Waals surface area contributed by atoms with E-state index < -0.39 is 0 Å². The molecule has 0 aromatic heterocycles. The van der Waals surface area contributed by atoms with Crippen LogP contribution in [0.3, 0.4) is 0 Å². The normalized spacial score (nSPS) is 29.9. The van der Waals surface area contributed by atoms with Gasteiger partial charge >= 0.3 is 0 Å². The van der Waals surface area contributed by atoms with Crippen LogP contribution in [0.25, 0.3) is 0 Å². The topological polar surface area (TPSA) is 44.5 Å². The number of rotatable bonds is 2. The van der Waals surface area contributed by atoms with Gasteiger partial charge in [0, 0.05) is 30.0 Å². The van der Waals surface area contributed by atoms with Crippen LogP contribution >= 0.6 is 0 Å². The molecule has 3 heteroatoms. The Morgan fingerprint density at radius 1 is 1.20 bits per heavy atom. The Morgan fingerprint density at radius 3 is 2.75 bits per heavy atom. The Hall–Kier alpha value is -2.00. The summed E-state index contributed by atoms with van der Waals surface area (Å²) in [5, 5.41) is 0. The first-order valence-electron chi connectivity index (χ1n) is 6.93. The second-order valence-electron chi connectivity index (χ2n) is 5.60. The van der Waals surface area contributed by atoms with Crippen molar-refractivity contribution in [1.29, 1.82) is 0 Å². The standard InChI is InChI=1S/C17H17NO2/c1-19-12-7-8-13-15(9-12)20-17(10-14(17)16(13)18)11-5-3-2-4-6-11/h2-9,14,16H,10,18H2,1H3. The van der Waals surface area contributed by atoms with Crippen molar-refractivity contribution in [2.75, 3.05) is 7.11 Å². The van der Waals surface area contributed by atoms with Crippen LogP contribution in [0.4, 0.5) is 0 Å². The van der Waals surface area contributed by atoms with Gasteiger partial charge in [0.15, 0.2) is 0 Å². The van der Waals surface area contributed by atoms with Crippen molar-refractivity contribution in [1.82, 2.24) is 0 Å². The number of ether oxygens (including phenoxy) is 2. The zero-order chi connectivity index (χ0) is 13.7. The summed E-state index contributed by atoms with van der Waals surface area (Å²) >= 11 is 0. The predicted molar refractivity (Wildman–Crippen MR) is 76.8 cm³/mol. The number of benzene rings is 2. The van der Waals surface area contributed by atoms with Crippen molar-refractivity contribution in [3.63, 3.8) is 0 Å². The van der Waals surface area contributed by atoms with Gasteiger partial charge in [-0.3, -0.25) is 0 Å². The zero-order valence-electron chi connectivity index (χ0n) is 11.4. The van der Waals surface area contributed by atoms with Gasteiger partial charge in [0.05, 0.1) is 7.11 Å². The highest BCUT2D eigenvalue weighted by Gasteiger charge is 2.63. The minimum Gasteiger partial charge on any atom is -0.497 e. The molecule has 0 radical (unpaired) electrons. The maximum atomic E-state index is 6.42. The molecule has 3 atom stereocenters. The summed E-state index contributed by atoms with van der Waals surface area (Å²) in [5.74, 6) is 2.03. The van der Waals surface area contributed by atoms with Crippen LogP contribution in [0.15, 0.2) is 48.5 Å². The van der Waals surface area contributed by atoms with E-state index in [1.165, 1.54) is 5.56 Å². The molecule has 0 saturated heterocycles. The van der Waals surface area contributed by atoms with Crippen LogP contribution in [-0.4, -0.2) is 7.11 Å². The van der Waals surface area contributed by atoms with Gasteiger partial charge in [-0.05, 0) is 11.6 Å². The van der Waals surface area contributed by atoms with Crippen LogP contribution in [0.5, 0.6) is 11.5 Å². The van der Waals surface area contributed by atoms with E-state index >= 15 is 0 Å². The highest BCUT2D eigenvalue weighted by molar-refractivity contribution is 5.49. The van der Waals surface area contributed by atoms with Crippen LogP contribution in [0.1, 0.15) is 23.6 Å². The molecule has 1 heterocycles. The van der Waals surface area contributed by atoms with E-state index in [9.17, 15) is 0 Å².